The highest BCUT2D eigenvalue weighted by molar-refractivity contribution is 5.85. The minimum absolute atomic E-state index is 0. The smallest absolute Gasteiger partial charge is 0.224 e. The number of amides is 1. The molecule has 0 saturated carbocycles. The van der Waals surface area contributed by atoms with E-state index >= 15 is 0 Å². The summed E-state index contributed by atoms with van der Waals surface area (Å²) in [5.74, 6) is -1.86. The number of aromatic nitrogens is 1. The molecule has 1 amide bonds. The number of carbonyl (C=O) groups excluding carboxylic acids is 1. The molecule has 2 aromatic rings. The third-order valence-corrected chi connectivity index (χ3v) is 4.29. The van der Waals surface area contributed by atoms with Crippen LogP contribution in [0.5, 0.6) is 0 Å². The van der Waals surface area contributed by atoms with Gasteiger partial charge in [0.05, 0.1) is 6.42 Å². The molecule has 1 aliphatic heterocycles. The number of piperidine rings is 1. The average molecular weight is 368 g/mol. The number of hydrogen-bond acceptors (Lipinski definition) is 3. The maximum Gasteiger partial charge on any atom is 0.224 e. The molecule has 2 atom stereocenters. The summed E-state index contributed by atoms with van der Waals surface area (Å²) in [4.78, 5) is 16.3. The first-order valence-corrected chi connectivity index (χ1v) is 7.97. The molecule has 0 aliphatic carbocycles. The summed E-state index contributed by atoms with van der Waals surface area (Å²) in [6.45, 7) is 1.38. The Morgan fingerprint density at radius 1 is 1.28 bits per heavy atom. The quantitative estimate of drug-likeness (QED) is 0.873. The largest absolute Gasteiger partial charge is 0.351 e. The summed E-state index contributed by atoms with van der Waals surface area (Å²) in [7, 11) is 0. The van der Waals surface area contributed by atoms with Gasteiger partial charge >= 0.3 is 0 Å². The van der Waals surface area contributed by atoms with Crippen LogP contribution < -0.4 is 10.6 Å². The summed E-state index contributed by atoms with van der Waals surface area (Å²) in [5.41, 5.74) is 1.55. The molecule has 7 heteroatoms. The van der Waals surface area contributed by atoms with Crippen molar-refractivity contribution in [3.05, 3.63) is 65.5 Å². The van der Waals surface area contributed by atoms with Crippen LogP contribution in [0.25, 0.3) is 0 Å². The Bertz CT molecular complexity index is 715. The Balaban J connectivity index is 0.00000225. The Morgan fingerprint density at radius 3 is 2.84 bits per heavy atom. The topological polar surface area (TPSA) is 54.0 Å². The van der Waals surface area contributed by atoms with Crippen LogP contribution in [-0.2, 0) is 11.2 Å². The highest BCUT2D eigenvalue weighted by atomic mass is 35.5. The first-order valence-electron chi connectivity index (χ1n) is 7.97. The maximum absolute atomic E-state index is 13.5. The minimum Gasteiger partial charge on any atom is -0.351 e. The number of hydrogen-bond donors (Lipinski definition) is 2. The Morgan fingerprint density at radius 2 is 2.12 bits per heavy atom. The van der Waals surface area contributed by atoms with Crippen LogP contribution in [0.2, 0.25) is 0 Å². The second-order valence-corrected chi connectivity index (χ2v) is 5.98. The molecule has 134 valence electrons. The molecule has 1 aromatic carbocycles. The van der Waals surface area contributed by atoms with Gasteiger partial charge in [0.25, 0.3) is 0 Å². The summed E-state index contributed by atoms with van der Waals surface area (Å²) >= 11 is 0. The average Bonchev–Trinajstić information content (AvgIpc) is 2.59. The molecule has 4 nitrogen and oxygen atoms in total. The van der Waals surface area contributed by atoms with E-state index in [1.54, 1.807) is 24.5 Å². The second kappa shape index (κ2) is 8.87. The van der Waals surface area contributed by atoms with Gasteiger partial charge in [-0.2, -0.15) is 0 Å². The lowest BCUT2D eigenvalue weighted by molar-refractivity contribution is -0.121. The zero-order valence-electron chi connectivity index (χ0n) is 13.5. The van der Waals surface area contributed by atoms with E-state index in [0.29, 0.717) is 12.1 Å². The van der Waals surface area contributed by atoms with Crippen LogP contribution >= 0.6 is 12.4 Å². The molecule has 1 aromatic heterocycles. The third-order valence-electron chi connectivity index (χ3n) is 4.29. The van der Waals surface area contributed by atoms with Crippen molar-refractivity contribution in [3.8, 4) is 0 Å². The predicted octanol–water partition coefficient (Wildman–Crippen LogP) is 2.59. The van der Waals surface area contributed by atoms with Gasteiger partial charge in [-0.1, -0.05) is 12.1 Å². The van der Waals surface area contributed by atoms with Crippen LogP contribution in [0.4, 0.5) is 8.78 Å². The number of nitrogens with one attached hydrogen (secondary N) is 2. The molecule has 0 bridgehead atoms. The molecule has 2 N–H and O–H groups in total. The van der Waals surface area contributed by atoms with Crippen molar-refractivity contribution in [2.24, 2.45) is 0 Å². The SMILES string of the molecule is Cl.O=C(Cc1cccnc1)NC1CNCCC1c1ccc(F)c(F)c1. The van der Waals surface area contributed by atoms with Gasteiger partial charge in [0.2, 0.25) is 5.91 Å². The van der Waals surface area contributed by atoms with Crippen molar-refractivity contribution in [1.82, 2.24) is 15.6 Å². The van der Waals surface area contributed by atoms with Gasteiger partial charge in [-0.05, 0) is 42.3 Å². The fourth-order valence-electron chi connectivity index (χ4n) is 3.10. The van der Waals surface area contributed by atoms with Crippen LogP contribution in [-0.4, -0.2) is 30.0 Å². The second-order valence-electron chi connectivity index (χ2n) is 5.98. The molecule has 2 heterocycles. The Kier molecular flexibility index (Phi) is 6.84. The van der Waals surface area contributed by atoms with E-state index in [4.69, 9.17) is 0 Å². The Hall–Kier alpha value is -2.05. The van der Waals surface area contributed by atoms with Crippen molar-refractivity contribution in [2.45, 2.75) is 24.8 Å². The summed E-state index contributed by atoms with van der Waals surface area (Å²) in [6.07, 6.45) is 4.31. The summed E-state index contributed by atoms with van der Waals surface area (Å²) < 4.78 is 26.7. The van der Waals surface area contributed by atoms with Gasteiger partial charge in [0, 0.05) is 30.9 Å². The number of nitrogens with zero attached hydrogens (tertiary/aromatic N) is 1. The molecule has 0 spiro atoms. The van der Waals surface area contributed by atoms with E-state index in [9.17, 15) is 13.6 Å². The van der Waals surface area contributed by atoms with Gasteiger partial charge in [0.1, 0.15) is 0 Å². The van der Waals surface area contributed by atoms with E-state index in [1.807, 2.05) is 6.07 Å². The first-order chi connectivity index (χ1) is 11.6. The van der Waals surface area contributed by atoms with Gasteiger partial charge < -0.3 is 10.6 Å². The molecular weight excluding hydrogens is 348 g/mol. The van der Waals surface area contributed by atoms with Crippen molar-refractivity contribution in [1.29, 1.82) is 0 Å². The fourth-order valence-corrected chi connectivity index (χ4v) is 3.10. The molecule has 1 saturated heterocycles. The molecule has 3 rings (SSSR count). The molecule has 1 fully saturated rings. The van der Waals surface area contributed by atoms with E-state index in [1.165, 1.54) is 6.07 Å². The van der Waals surface area contributed by atoms with Gasteiger partial charge in [-0.15, -0.1) is 12.4 Å². The lowest BCUT2D eigenvalue weighted by Gasteiger charge is -2.33. The van der Waals surface area contributed by atoms with E-state index < -0.39 is 11.6 Å². The lowest BCUT2D eigenvalue weighted by Crippen LogP contribution is -2.50. The summed E-state index contributed by atoms with van der Waals surface area (Å²) in [5, 5.41) is 6.24. The monoisotopic (exact) mass is 367 g/mol. The van der Waals surface area contributed by atoms with Crippen LogP contribution in [0.15, 0.2) is 42.7 Å². The maximum atomic E-state index is 13.5. The van der Waals surface area contributed by atoms with Crippen molar-refractivity contribution >= 4 is 18.3 Å². The van der Waals surface area contributed by atoms with E-state index in [2.05, 4.69) is 15.6 Å². The van der Waals surface area contributed by atoms with Crippen LogP contribution in [0.3, 0.4) is 0 Å². The first kappa shape index (κ1) is 19.3. The van der Waals surface area contributed by atoms with Crippen molar-refractivity contribution in [3.63, 3.8) is 0 Å². The molecule has 2 unspecified atom stereocenters. The van der Waals surface area contributed by atoms with Crippen LogP contribution in [0.1, 0.15) is 23.5 Å². The highest BCUT2D eigenvalue weighted by Crippen LogP contribution is 2.27. The van der Waals surface area contributed by atoms with Gasteiger partial charge in [-0.3, -0.25) is 9.78 Å². The van der Waals surface area contributed by atoms with Crippen molar-refractivity contribution in [2.75, 3.05) is 13.1 Å². The number of rotatable bonds is 4. The van der Waals surface area contributed by atoms with Crippen molar-refractivity contribution < 1.29 is 13.6 Å². The van der Waals surface area contributed by atoms with Gasteiger partial charge in [0.15, 0.2) is 11.6 Å². The molecule has 1 aliphatic rings. The predicted molar refractivity (Wildman–Crippen MR) is 93.7 cm³/mol. The zero-order valence-corrected chi connectivity index (χ0v) is 14.4. The minimum atomic E-state index is -0.857. The van der Waals surface area contributed by atoms with E-state index in [0.717, 1.165) is 24.6 Å². The van der Waals surface area contributed by atoms with Gasteiger partial charge in [-0.25, -0.2) is 8.78 Å². The number of pyridine rings is 1. The number of carbonyl (C=O) groups is 1. The zero-order chi connectivity index (χ0) is 16.9. The lowest BCUT2D eigenvalue weighted by atomic mass is 9.86. The Labute approximate surface area is 151 Å². The fraction of sp³-hybridized carbons (Fsp3) is 0.333. The number of halogens is 3. The highest BCUT2D eigenvalue weighted by Gasteiger charge is 2.28. The normalized spacial score (nSPS) is 19.8. The van der Waals surface area contributed by atoms with E-state index in [-0.39, 0.29) is 36.7 Å². The van der Waals surface area contributed by atoms with Crippen LogP contribution in [0, 0.1) is 11.6 Å². The molecule has 0 radical (unpaired) electrons. The third kappa shape index (κ3) is 4.96. The summed E-state index contributed by atoms with van der Waals surface area (Å²) in [6, 6.07) is 7.43. The standard InChI is InChI=1S/C18H19F2N3O.ClH/c19-15-4-3-13(9-16(15)20)14-5-7-22-11-17(14)23-18(24)8-12-2-1-6-21-10-12;/h1-4,6,9-10,14,17,22H,5,7-8,11H2,(H,23,24);1H. The number of benzene rings is 1. The molecule has 25 heavy (non-hydrogen) atoms. The molecular formula is C18H20ClF2N3O.